The topological polar surface area (TPSA) is 99.5 Å². The lowest BCUT2D eigenvalue weighted by atomic mass is 10.0. The van der Waals surface area contributed by atoms with Gasteiger partial charge >= 0.3 is 0 Å². The molecule has 3 heterocycles. The smallest absolute Gasteiger partial charge is 0.250 e. The molecule has 2 aliphatic rings. The van der Waals surface area contributed by atoms with Gasteiger partial charge in [0, 0.05) is 42.9 Å². The maximum absolute atomic E-state index is 11.9. The number of carbonyl (C=O) groups is 1. The molecule has 0 radical (unpaired) electrons. The molecule has 1 amide bonds. The summed E-state index contributed by atoms with van der Waals surface area (Å²) in [5, 5.41) is 1.000. The Labute approximate surface area is 165 Å². The van der Waals surface area contributed by atoms with E-state index in [9.17, 15) is 13.2 Å². The number of piperidine rings is 1. The first-order valence-corrected chi connectivity index (χ1v) is 11.5. The van der Waals surface area contributed by atoms with Crippen molar-refractivity contribution in [1.82, 2.24) is 9.29 Å². The van der Waals surface area contributed by atoms with Crippen LogP contribution in [0.3, 0.4) is 0 Å². The molecule has 8 heteroatoms. The van der Waals surface area contributed by atoms with Gasteiger partial charge in [0.1, 0.15) is 0 Å². The summed E-state index contributed by atoms with van der Waals surface area (Å²) in [5.41, 5.74) is 9.96. The van der Waals surface area contributed by atoms with Gasteiger partial charge in [-0.3, -0.25) is 4.79 Å². The third kappa shape index (κ3) is 3.54. The van der Waals surface area contributed by atoms with Crippen molar-refractivity contribution in [3.05, 3.63) is 35.5 Å². The summed E-state index contributed by atoms with van der Waals surface area (Å²) in [5.74, 6) is -0.454. The highest BCUT2D eigenvalue weighted by atomic mass is 32.2. The molecule has 0 unspecified atom stereocenters. The van der Waals surface area contributed by atoms with E-state index in [0.29, 0.717) is 25.1 Å². The molecule has 150 valence electrons. The highest BCUT2D eigenvalue weighted by molar-refractivity contribution is 7.88. The van der Waals surface area contributed by atoms with E-state index in [-0.39, 0.29) is 0 Å². The quantitative estimate of drug-likeness (QED) is 0.820. The number of hydrogen-bond donors (Lipinski definition) is 2. The van der Waals surface area contributed by atoms with Crippen LogP contribution < -0.4 is 10.6 Å². The van der Waals surface area contributed by atoms with E-state index in [1.165, 1.54) is 29.8 Å². The van der Waals surface area contributed by atoms with Gasteiger partial charge in [0.15, 0.2) is 0 Å². The molecule has 2 aromatic rings. The van der Waals surface area contributed by atoms with Crippen LogP contribution in [0.1, 0.15) is 41.7 Å². The normalized spacial score (nSPS) is 19.0. The summed E-state index contributed by atoms with van der Waals surface area (Å²) in [6, 6.07) is 5.87. The number of nitrogens with zero attached hydrogens (tertiary/aromatic N) is 2. The van der Waals surface area contributed by atoms with Gasteiger partial charge in [-0.25, -0.2) is 8.42 Å². The average molecular weight is 403 g/mol. The van der Waals surface area contributed by atoms with Crippen LogP contribution in [0.15, 0.2) is 24.3 Å². The van der Waals surface area contributed by atoms with Crippen LogP contribution in [-0.2, 0) is 10.0 Å². The standard InChI is InChI=1S/C20H26N4O3S/c1-28(26,27)24-11-7-14(8-12-24)17-13-16-18(23-9-3-2-4-10-23)6-5-15(20(21)25)19(16)22-17/h5-7,13,22H,2-4,8-12H2,1H3,(H2,21,25). The van der Waals surface area contributed by atoms with Crippen molar-refractivity contribution in [1.29, 1.82) is 0 Å². The number of aromatic nitrogens is 1. The zero-order valence-electron chi connectivity index (χ0n) is 16.1. The van der Waals surface area contributed by atoms with E-state index >= 15 is 0 Å². The Kier molecular flexibility index (Phi) is 4.93. The fourth-order valence-electron chi connectivity index (χ4n) is 4.19. The number of nitrogens with one attached hydrogen (secondary N) is 1. The molecule has 0 aliphatic carbocycles. The van der Waals surface area contributed by atoms with E-state index in [1.807, 2.05) is 12.1 Å². The number of carbonyl (C=O) groups excluding carboxylic acids is 1. The molecular weight excluding hydrogens is 376 g/mol. The van der Waals surface area contributed by atoms with Crippen molar-refractivity contribution in [2.24, 2.45) is 5.73 Å². The number of hydrogen-bond acceptors (Lipinski definition) is 4. The molecule has 1 fully saturated rings. The van der Waals surface area contributed by atoms with Gasteiger partial charge in [0.2, 0.25) is 10.0 Å². The van der Waals surface area contributed by atoms with Crippen molar-refractivity contribution in [3.63, 3.8) is 0 Å². The SMILES string of the molecule is CS(=O)(=O)N1CC=C(c2cc3c(N4CCCCC4)ccc(C(N)=O)c3[nH]2)CC1. The van der Waals surface area contributed by atoms with Crippen molar-refractivity contribution in [3.8, 4) is 0 Å². The van der Waals surface area contributed by atoms with E-state index in [2.05, 4.69) is 16.0 Å². The van der Waals surface area contributed by atoms with Gasteiger partial charge < -0.3 is 15.6 Å². The Bertz CT molecular complexity index is 1050. The van der Waals surface area contributed by atoms with E-state index in [1.54, 1.807) is 6.07 Å². The third-order valence-electron chi connectivity index (χ3n) is 5.72. The Hall–Kier alpha value is -2.32. The lowest BCUT2D eigenvalue weighted by Gasteiger charge is -2.29. The molecule has 0 bridgehead atoms. The fourth-order valence-corrected chi connectivity index (χ4v) is 4.96. The van der Waals surface area contributed by atoms with Crippen molar-refractivity contribution in [2.45, 2.75) is 25.7 Å². The second-order valence-electron chi connectivity index (χ2n) is 7.62. The van der Waals surface area contributed by atoms with Crippen LogP contribution >= 0.6 is 0 Å². The number of anilines is 1. The first-order chi connectivity index (χ1) is 13.3. The number of nitrogens with two attached hydrogens (primary N) is 1. The van der Waals surface area contributed by atoms with E-state index in [0.717, 1.165) is 40.9 Å². The van der Waals surface area contributed by atoms with Crippen LogP contribution in [0, 0.1) is 0 Å². The third-order valence-corrected chi connectivity index (χ3v) is 6.99. The highest BCUT2D eigenvalue weighted by Gasteiger charge is 2.23. The molecule has 2 aliphatic heterocycles. The molecule has 1 saturated heterocycles. The lowest BCUT2D eigenvalue weighted by Crippen LogP contribution is -2.33. The fraction of sp³-hybridized carbons (Fsp3) is 0.450. The van der Waals surface area contributed by atoms with E-state index in [4.69, 9.17) is 5.73 Å². The second-order valence-corrected chi connectivity index (χ2v) is 9.60. The van der Waals surface area contributed by atoms with Gasteiger partial charge in [-0.05, 0) is 49.5 Å². The summed E-state index contributed by atoms with van der Waals surface area (Å²) < 4.78 is 24.9. The zero-order valence-corrected chi connectivity index (χ0v) is 16.9. The van der Waals surface area contributed by atoms with Crippen LogP contribution in [0.5, 0.6) is 0 Å². The number of H-pyrrole nitrogens is 1. The van der Waals surface area contributed by atoms with Gasteiger partial charge in [-0.15, -0.1) is 0 Å². The minimum absolute atomic E-state index is 0.366. The van der Waals surface area contributed by atoms with Crippen molar-refractivity contribution in [2.75, 3.05) is 37.3 Å². The molecule has 0 saturated carbocycles. The molecule has 4 rings (SSSR count). The van der Waals surface area contributed by atoms with Gasteiger partial charge in [-0.1, -0.05) is 6.08 Å². The Morgan fingerprint density at radius 2 is 1.89 bits per heavy atom. The average Bonchev–Trinajstić information content (AvgIpc) is 3.12. The number of aromatic amines is 1. The Balaban J connectivity index is 1.75. The van der Waals surface area contributed by atoms with E-state index < -0.39 is 15.9 Å². The molecule has 3 N–H and O–H groups in total. The van der Waals surface area contributed by atoms with Crippen LogP contribution in [0.2, 0.25) is 0 Å². The second kappa shape index (κ2) is 7.25. The summed E-state index contributed by atoms with van der Waals surface area (Å²) >= 11 is 0. The predicted molar refractivity (Wildman–Crippen MR) is 112 cm³/mol. The molecular formula is C20H26N4O3S. The first kappa shape index (κ1) is 19.0. The molecule has 0 atom stereocenters. The Morgan fingerprint density at radius 3 is 2.50 bits per heavy atom. The van der Waals surface area contributed by atoms with Crippen molar-refractivity contribution >= 4 is 38.1 Å². The summed E-state index contributed by atoms with van der Waals surface area (Å²) in [6.07, 6.45) is 7.40. The molecule has 7 nitrogen and oxygen atoms in total. The number of primary amides is 1. The minimum Gasteiger partial charge on any atom is -0.371 e. The number of amides is 1. The lowest BCUT2D eigenvalue weighted by molar-refractivity contribution is 0.100. The molecule has 28 heavy (non-hydrogen) atoms. The molecule has 1 aromatic carbocycles. The van der Waals surface area contributed by atoms with Gasteiger partial charge in [0.05, 0.1) is 17.3 Å². The predicted octanol–water partition coefficient (Wildman–Crippen LogP) is 2.31. The maximum Gasteiger partial charge on any atom is 0.250 e. The highest BCUT2D eigenvalue weighted by Crippen LogP contribution is 2.34. The summed E-state index contributed by atoms with van der Waals surface area (Å²) in [6.45, 7) is 2.85. The zero-order chi connectivity index (χ0) is 19.9. The first-order valence-electron chi connectivity index (χ1n) is 9.69. The van der Waals surface area contributed by atoms with Gasteiger partial charge in [-0.2, -0.15) is 4.31 Å². The number of fused-ring (bicyclic) bond motifs is 1. The summed E-state index contributed by atoms with van der Waals surface area (Å²) in [4.78, 5) is 17.7. The minimum atomic E-state index is -3.18. The number of sulfonamides is 1. The molecule has 1 aromatic heterocycles. The van der Waals surface area contributed by atoms with Crippen LogP contribution in [0.4, 0.5) is 5.69 Å². The largest absolute Gasteiger partial charge is 0.371 e. The van der Waals surface area contributed by atoms with Gasteiger partial charge in [0.25, 0.3) is 5.91 Å². The number of rotatable bonds is 4. The van der Waals surface area contributed by atoms with Crippen LogP contribution in [-0.4, -0.2) is 56.0 Å². The maximum atomic E-state index is 11.9. The molecule has 0 spiro atoms. The Morgan fingerprint density at radius 1 is 1.14 bits per heavy atom. The monoisotopic (exact) mass is 402 g/mol. The van der Waals surface area contributed by atoms with Crippen LogP contribution in [0.25, 0.3) is 16.5 Å². The number of benzene rings is 1. The summed E-state index contributed by atoms with van der Waals surface area (Å²) in [7, 11) is -3.18. The van der Waals surface area contributed by atoms with Crippen molar-refractivity contribution < 1.29 is 13.2 Å².